The average Bonchev–Trinajstić information content (AvgIpc) is 2.15. The smallest absolute Gasteiger partial charge is 0.238 e. The highest BCUT2D eigenvalue weighted by Gasteiger charge is 2.17. The van der Waals surface area contributed by atoms with Crippen LogP contribution in [-0.4, -0.2) is 15.0 Å². The van der Waals surface area contributed by atoms with Crippen LogP contribution in [0.25, 0.3) is 0 Å². The zero-order valence-corrected chi connectivity index (χ0v) is 11.5. The minimum absolute atomic E-state index is 0.171. The second kappa shape index (κ2) is 5.06. The third-order valence-corrected chi connectivity index (χ3v) is 3.59. The SMILES string of the molecule is CCOc1cc(C)c(S(N)(=O)=O)cc1C(C)C. The minimum Gasteiger partial charge on any atom is -0.494 e. The number of aryl methyl sites for hydroxylation is 1. The molecule has 0 spiro atoms. The van der Waals surface area contributed by atoms with Crippen LogP contribution in [0, 0.1) is 6.92 Å². The molecule has 4 nitrogen and oxygen atoms in total. The van der Waals surface area contributed by atoms with Crippen LogP contribution in [0.4, 0.5) is 0 Å². The fraction of sp³-hybridized carbons (Fsp3) is 0.500. The molecule has 1 aromatic rings. The Labute approximate surface area is 103 Å². The van der Waals surface area contributed by atoms with E-state index < -0.39 is 10.0 Å². The number of primary sulfonamides is 1. The van der Waals surface area contributed by atoms with Gasteiger partial charge in [0.15, 0.2) is 0 Å². The molecule has 0 bridgehead atoms. The number of hydrogen-bond acceptors (Lipinski definition) is 3. The molecular weight excluding hydrogens is 238 g/mol. The van der Waals surface area contributed by atoms with Gasteiger partial charge in [-0.1, -0.05) is 13.8 Å². The first kappa shape index (κ1) is 14.0. The van der Waals surface area contributed by atoms with Gasteiger partial charge in [0, 0.05) is 0 Å². The van der Waals surface area contributed by atoms with Gasteiger partial charge in [-0.2, -0.15) is 0 Å². The molecule has 1 aromatic carbocycles. The van der Waals surface area contributed by atoms with Crippen molar-refractivity contribution in [1.29, 1.82) is 0 Å². The molecule has 0 amide bonds. The Balaban J connectivity index is 3.45. The molecule has 0 heterocycles. The minimum atomic E-state index is -3.68. The average molecular weight is 257 g/mol. The van der Waals surface area contributed by atoms with Crippen molar-refractivity contribution in [2.24, 2.45) is 5.14 Å². The first-order valence-electron chi connectivity index (χ1n) is 5.57. The topological polar surface area (TPSA) is 69.4 Å². The molecule has 2 N–H and O–H groups in total. The van der Waals surface area contributed by atoms with Gasteiger partial charge in [0.1, 0.15) is 5.75 Å². The summed E-state index contributed by atoms with van der Waals surface area (Å²) in [5.74, 6) is 0.907. The lowest BCUT2D eigenvalue weighted by Crippen LogP contribution is -2.14. The van der Waals surface area contributed by atoms with Crippen LogP contribution in [0.3, 0.4) is 0 Å². The molecule has 1 rings (SSSR count). The summed E-state index contributed by atoms with van der Waals surface area (Å²) in [6.07, 6.45) is 0. The predicted octanol–water partition coefficient (Wildman–Crippen LogP) is 2.16. The predicted molar refractivity (Wildman–Crippen MR) is 67.8 cm³/mol. The molecular formula is C12H19NO3S. The summed E-state index contributed by atoms with van der Waals surface area (Å²) in [6, 6.07) is 3.35. The van der Waals surface area contributed by atoms with Gasteiger partial charge in [0.2, 0.25) is 10.0 Å². The number of hydrogen-bond donors (Lipinski definition) is 1. The standard InChI is InChI=1S/C12H19NO3S/c1-5-16-11-6-9(4)12(17(13,14)15)7-10(11)8(2)3/h6-8H,5H2,1-4H3,(H2,13,14,15). The summed E-state index contributed by atoms with van der Waals surface area (Å²) in [5.41, 5.74) is 1.47. The molecule has 0 aromatic heterocycles. The Bertz CT molecular complexity index is 507. The molecule has 0 saturated heterocycles. The van der Waals surface area contributed by atoms with E-state index in [1.807, 2.05) is 20.8 Å². The van der Waals surface area contributed by atoms with Crippen LogP contribution in [0.15, 0.2) is 17.0 Å². The monoisotopic (exact) mass is 257 g/mol. The van der Waals surface area contributed by atoms with Crippen LogP contribution >= 0.6 is 0 Å². The molecule has 0 aliphatic heterocycles. The maximum absolute atomic E-state index is 11.4. The second-order valence-electron chi connectivity index (χ2n) is 4.29. The van der Waals surface area contributed by atoms with Gasteiger partial charge in [-0.3, -0.25) is 0 Å². The number of rotatable bonds is 4. The van der Waals surface area contributed by atoms with Crippen LogP contribution in [0.5, 0.6) is 5.75 Å². The maximum atomic E-state index is 11.4. The fourth-order valence-electron chi connectivity index (χ4n) is 1.72. The summed E-state index contributed by atoms with van der Waals surface area (Å²) < 4.78 is 28.4. The molecule has 0 radical (unpaired) electrons. The van der Waals surface area contributed by atoms with Gasteiger partial charge < -0.3 is 4.74 Å². The van der Waals surface area contributed by atoms with Crippen molar-refractivity contribution in [3.63, 3.8) is 0 Å². The van der Waals surface area contributed by atoms with E-state index in [0.717, 1.165) is 11.3 Å². The van der Waals surface area contributed by atoms with E-state index >= 15 is 0 Å². The zero-order valence-electron chi connectivity index (χ0n) is 10.6. The first-order chi connectivity index (χ1) is 7.77. The highest BCUT2D eigenvalue weighted by Crippen LogP contribution is 2.31. The zero-order chi connectivity index (χ0) is 13.2. The van der Waals surface area contributed by atoms with E-state index in [1.165, 1.54) is 0 Å². The molecule has 96 valence electrons. The molecule has 0 fully saturated rings. The Kier molecular flexibility index (Phi) is 4.16. The van der Waals surface area contributed by atoms with Crippen LogP contribution in [0.1, 0.15) is 37.8 Å². The van der Waals surface area contributed by atoms with Crippen molar-refractivity contribution in [2.45, 2.75) is 38.5 Å². The maximum Gasteiger partial charge on any atom is 0.238 e. The van der Waals surface area contributed by atoms with Crippen LogP contribution in [-0.2, 0) is 10.0 Å². The van der Waals surface area contributed by atoms with Crippen molar-refractivity contribution in [2.75, 3.05) is 6.61 Å². The van der Waals surface area contributed by atoms with Crippen molar-refractivity contribution in [3.8, 4) is 5.75 Å². The largest absolute Gasteiger partial charge is 0.494 e. The summed E-state index contributed by atoms with van der Waals surface area (Å²) in [7, 11) is -3.68. The van der Waals surface area contributed by atoms with Crippen LogP contribution < -0.4 is 9.88 Å². The summed E-state index contributed by atoms with van der Waals surface area (Å²) in [5, 5.41) is 5.18. The van der Waals surface area contributed by atoms with Crippen molar-refractivity contribution < 1.29 is 13.2 Å². The lowest BCUT2D eigenvalue weighted by atomic mass is 10.0. The first-order valence-corrected chi connectivity index (χ1v) is 7.12. The molecule has 17 heavy (non-hydrogen) atoms. The van der Waals surface area contributed by atoms with E-state index in [4.69, 9.17) is 9.88 Å². The van der Waals surface area contributed by atoms with Crippen LogP contribution in [0.2, 0.25) is 0 Å². The second-order valence-corrected chi connectivity index (χ2v) is 5.82. The van der Waals surface area contributed by atoms with E-state index in [9.17, 15) is 8.42 Å². The fourth-order valence-corrected chi connectivity index (χ4v) is 2.51. The van der Waals surface area contributed by atoms with Gasteiger partial charge in [-0.25, -0.2) is 13.6 Å². The molecule has 5 heteroatoms. The highest BCUT2D eigenvalue weighted by molar-refractivity contribution is 7.89. The van der Waals surface area contributed by atoms with Gasteiger partial charge in [-0.05, 0) is 43.0 Å². The van der Waals surface area contributed by atoms with Crippen molar-refractivity contribution in [3.05, 3.63) is 23.3 Å². The van der Waals surface area contributed by atoms with Gasteiger partial charge in [-0.15, -0.1) is 0 Å². The number of sulfonamides is 1. The lowest BCUT2D eigenvalue weighted by molar-refractivity contribution is 0.334. The van der Waals surface area contributed by atoms with E-state index in [2.05, 4.69) is 0 Å². The Morgan fingerprint density at radius 1 is 1.35 bits per heavy atom. The van der Waals surface area contributed by atoms with Gasteiger partial charge >= 0.3 is 0 Å². The summed E-state index contributed by atoms with van der Waals surface area (Å²) in [4.78, 5) is 0.171. The van der Waals surface area contributed by atoms with E-state index in [1.54, 1.807) is 19.1 Å². The third kappa shape index (κ3) is 3.20. The quantitative estimate of drug-likeness (QED) is 0.898. The van der Waals surface area contributed by atoms with E-state index in [0.29, 0.717) is 12.2 Å². The highest BCUT2D eigenvalue weighted by atomic mass is 32.2. The third-order valence-electron chi connectivity index (χ3n) is 2.54. The Morgan fingerprint density at radius 2 is 1.94 bits per heavy atom. The summed E-state index contributed by atoms with van der Waals surface area (Å²) in [6.45, 7) is 8.13. The van der Waals surface area contributed by atoms with Gasteiger partial charge in [0.05, 0.1) is 11.5 Å². The Morgan fingerprint density at radius 3 is 2.35 bits per heavy atom. The number of benzene rings is 1. The van der Waals surface area contributed by atoms with Crippen molar-refractivity contribution >= 4 is 10.0 Å². The molecule has 0 unspecified atom stereocenters. The van der Waals surface area contributed by atoms with E-state index in [-0.39, 0.29) is 10.8 Å². The number of nitrogens with two attached hydrogens (primary N) is 1. The molecule has 0 saturated carbocycles. The number of ether oxygens (including phenoxy) is 1. The molecule has 0 aliphatic rings. The summed E-state index contributed by atoms with van der Waals surface area (Å²) >= 11 is 0. The lowest BCUT2D eigenvalue weighted by Gasteiger charge is -2.16. The van der Waals surface area contributed by atoms with Crippen molar-refractivity contribution in [1.82, 2.24) is 0 Å². The normalized spacial score (nSPS) is 11.9. The van der Waals surface area contributed by atoms with Gasteiger partial charge in [0.25, 0.3) is 0 Å². The molecule has 0 aliphatic carbocycles. The Hall–Kier alpha value is -1.07. The molecule has 0 atom stereocenters.